The van der Waals surface area contributed by atoms with Gasteiger partial charge in [0.25, 0.3) is 0 Å². The molecule has 106 valence electrons. The van der Waals surface area contributed by atoms with Gasteiger partial charge in [-0.15, -0.1) is 0 Å². The van der Waals surface area contributed by atoms with Crippen molar-refractivity contribution in [3.8, 4) is 0 Å². The molecule has 3 rings (SSSR count). The molecular formula is C17H15BrN2O. The SMILES string of the molecule is Cc1ccc(C2=NC(=O)NC(c3ccccc3)C2Br)cc1. The maximum absolute atomic E-state index is 11.9. The van der Waals surface area contributed by atoms with Crippen LogP contribution in [0.5, 0.6) is 0 Å². The van der Waals surface area contributed by atoms with Crippen LogP contribution in [0.3, 0.4) is 0 Å². The van der Waals surface area contributed by atoms with Gasteiger partial charge in [0.05, 0.1) is 16.6 Å². The fourth-order valence-corrected chi connectivity index (χ4v) is 3.23. The van der Waals surface area contributed by atoms with Crippen molar-refractivity contribution in [3.05, 3.63) is 71.3 Å². The van der Waals surface area contributed by atoms with Crippen molar-refractivity contribution in [2.24, 2.45) is 4.99 Å². The number of urea groups is 1. The van der Waals surface area contributed by atoms with E-state index in [4.69, 9.17) is 0 Å². The van der Waals surface area contributed by atoms with Crippen LogP contribution in [-0.4, -0.2) is 16.6 Å². The summed E-state index contributed by atoms with van der Waals surface area (Å²) in [6.07, 6.45) is 0. The van der Waals surface area contributed by atoms with Crippen molar-refractivity contribution in [1.29, 1.82) is 0 Å². The highest BCUT2D eigenvalue weighted by molar-refractivity contribution is 9.10. The summed E-state index contributed by atoms with van der Waals surface area (Å²) in [7, 11) is 0. The Balaban J connectivity index is 1.98. The molecule has 0 radical (unpaired) electrons. The Hall–Kier alpha value is -1.94. The van der Waals surface area contributed by atoms with E-state index < -0.39 is 0 Å². The topological polar surface area (TPSA) is 41.5 Å². The normalized spacial score (nSPS) is 21.6. The summed E-state index contributed by atoms with van der Waals surface area (Å²) in [5, 5.41) is 2.92. The van der Waals surface area contributed by atoms with Gasteiger partial charge in [-0.2, -0.15) is 4.99 Å². The number of hydrogen-bond acceptors (Lipinski definition) is 1. The Kier molecular flexibility index (Phi) is 3.88. The molecule has 21 heavy (non-hydrogen) atoms. The van der Waals surface area contributed by atoms with E-state index in [2.05, 4.69) is 26.2 Å². The van der Waals surface area contributed by atoms with Crippen LogP contribution in [-0.2, 0) is 0 Å². The molecule has 2 aromatic rings. The third-order valence-electron chi connectivity index (χ3n) is 3.56. The molecule has 0 aromatic heterocycles. The molecule has 0 fully saturated rings. The first-order chi connectivity index (χ1) is 10.1. The Bertz CT molecular complexity index is 680. The van der Waals surface area contributed by atoms with E-state index in [1.165, 1.54) is 5.56 Å². The van der Waals surface area contributed by atoms with E-state index in [-0.39, 0.29) is 16.9 Å². The van der Waals surface area contributed by atoms with E-state index in [0.29, 0.717) is 0 Å². The number of carbonyl (C=O) groups excluding carboxylic acids is 1. The molecular weight excluding hydrogens is 328 g/mol. The van der Waals surface area contributed by atoms with E-state index in [1.54, 1.807) is 0 Å². The highest BCUT2D eigenvalue weighted by atomic mass is 79.9. The number of nitrogens with one attached hydrogen (secondary N) is 1. The lowest BCUT2D eigenvalue weighted by Gasteiger charge is -2.28. The van der Waals surface area contributed by atoms with Crippen molar-refractivity contribution in [2.75, 3.05) is 0 Å². The predicted octanol–water partition coefficient (Wildman–Crippen LogP) is 4.01. The highest BCUT2D eigenvalue weighted by Crippen LogP contribution is 2.29. The van der Waals surface area contributed by atoms with Crippen molar-refractivity contribution in [2.45, 2.75) is 17.8 Å². The van der Waals surface area contributed by atoms with Gasteiger partial charge in [0.2, 0.25) is 0 Å². The molecule has 2 amide bonds. The molecule has 2 unspecified atom stereocenters. The summed E-state index contributed by atoms with van der Waals surface area (Å²) in [6, 6.07) is 17.6. The average molecular weight is 343 g/mol. The summed E-state index contributed by atoms with van der Waals surface area (Å²) < 4.78 is 0. The average Bonchev–Trinajstić information content (AvgIpc) is 2.51. The summed E-state index contributed by atoms with van der Waals surface area (Å²) in [6.45, 7) is 2.04. The highest BCUT2D eigenvalue weighted by Gasteiger charge is 2.32. The molecule has 1 aliphatic rings. The quantitative estimate of drug-likeness (QED) is 0.823. The lowest BCUT2D eigenvalue weighted by Crippen LogP contribution is -2.41. The standard InChI is InChI=1S/C17H15BrN2O/c1-11-7-9-13(10-8-11)16-14(18)15(19-17(21)20-16)12-5-3-2-4-6-12/h2-10,14-15H,1H3,(H,19,21). The zero-order valence-corrected chi connectivity index (χ0v) is 13.2. The van der Waals surface area contributed by atoms with Crippen LogP contribution in [0, 0.1) is 6.92 Å². The minimum atomic E-state index is -0.296. The number of amides is 2. The number of aryl methyl sites for hydroxylation is 1. The van der Waals surface area contributed by atoms with Gasteiger partial charge in [-0.25, -0.2) is 4.79 Å². The second kappa shape index (κ2) is 5.82. The van der Waals surface area contributed by atoms with Crippen molar-refractivity contribution >= 4 is 27.7 Å². The van der Waals surface area contributed by atoms with E-state index in [9.17, 15) is 4.79 Å². The second-order valence-corrected chi connectivity index (χ2v) is 6.09. The number of rotatable bonds is 2. The van der Waals surface area contributed by atoms with Crippen LogP contribution in [0.25, 0.3) is 0 Å². The fourth-order valence-electron chi connectivity index (χ4n) is 2.43. The Morgan fingerprint density at radius 3 is 2.38 bits per heavy atom. The lowest BCUT2D eigenvalue weighted by molar-refractivity contribution is 0.244. The number of alkyl halides is 1. The first-order valence-corrected chi connectivity index (χ1v) is 7.72. The van der Waals surface area contributed by atoms with Crippen LogP contribution in [0.1, 0.15) is 22.7 Å². The smallest absolute Gasteiger partial charge is 0.328 e. The van der Waals surface area contributed by atoms with Crippen molar-refractivity contribution < 1.29 is 4.79 Å². The van der Waals surface area contributed by atoms with Crippen LogP contribution in [0.4, 0.5) is 4.79 Å². The molecule has 2 atom stereocenters. The summed E-state index contributed by atoms with van der Waals surface area (Å²) in [5.41, 5.74) is 3.99. The van der Waals surface area contributed by atoms with Gasteiger partial charge in [-0.1, -0.05) is 76.1 Å². The Morgan fingerprint density at radius 1 is 1.05 bits per heavy atom. The van der Waals surface area contributed by atoms with Crippen LogP contribution >= 0.6 is 15.9 Å². The van der Waals surface area contributed by atoms with Gasteiger partial charge in [-0.3, -0.25) is 0 Å². The van der Waals surface area contributed by atoms with Gasteiger partial charge < -0.3 is 5.32 Å². The monoisotopic (exact) mass is 342 g/mol. The summed E-state index contributed by atoms with van der Waals surface area (Å²) >= 11 is 3.70. The lowest BCUT2D eigenvalue weighted by atomic mass is 9.95. The van der Waals surface area contributed by atoms with Crippen LogP contribution in [0.2, 0.25) is 0 Å². The maximum Gasteiger partial charge on any atom is 0.341 e. The zero-order chi connectivity index (χ0) is 14.8. The Labute approximate surface area is 132 Å². The molecule has 3 nitrogen and oxygen atoms in total. The number of aliphatic imine (C=N–C) groups is 1. The molecule has 0 bridgehead atoms. The van der Waals surface area contributed by atoms with Gasteiger partial charge in [0, 0.05) is 0 Å². The third kappa shape index (κ3) is 2.90. The van der Waals surface area contributed by atoms with Gasteiger partial charge >= 0.3 is 6.03 Å². The van der Waals surface area contributed by atoms with Gasteiger partial charge in [0.15, 0.2) is 0 Å². The number of halogens is 1. The molecule has 1 aliphatic heterocycles. The largest absolute Gasteiger partial charge is 0.341 e. The van der Waals surface area contributed by atoms with E-state index in [1.807, 2.05) is 61.5 Å². The van der Waals surface area contributed by atoms with E-state index in [0.717, 1.165) is 16.8 Å². The Morgan fingerprint density at radius 2 is 1.71 bits per heavy atom. The molecule has 2 aromatic carbocycles. The second-order valence-electron chi connectivity index (χ2n) is 5.10. The third-order valence-corrected chi connectivity index (χ3v) is 4.52. The molecule has 0 aliphatic carbocycles. The minimum absolute atomic E-state index is 0.0553. The minimum Gasteiger partial charge on any atom is -0.328 e. The van der Waals surface area contributed by atoms with Crippen molar-refractivity contribution in [1.82, 2.24) is 5.32 Å². The maximum atomic E-state index is 11.9. The van der Waals surface area contributed by atoms with Crippen LogP contribution in [0.15, 0.2) is 59.6 Å². The molecule has 0 saturated heterocycles. The van der Waals surface area contributed by atoms with Gasteiger partial charge in [0.1, 0.15) is 0 Å². The molecule has 1 heterocycles. The number of benzene rings is 2. The summed E-state index contributed by atoms with van der Waals surface area (Å²) in [4.78, 5) is 16.0. The molecule has 0 saturated carbocycles. The zero-order valence-electron chi connectivity index (χ0n) is 11.6. The molecule has 1 N–H and O–H groups in total. The van der Waals surface area contributed by atoms with Crippen molar-refractivity contribution in [3.63, 3.8) is 0 Å². The molecule has 0 spiro atoms. The first-order valence-electron chi connectivity index (χ1n) is 6.80. The summed E-state index contributed by atoms with van der Waals surface area (Å²) in [5.74, 6) is 0. The van der Waals surface area contributed by atoms with Crippen LogP contribution < -0.4 is 5.32 Å². The predicted molar refractivity (Wildman–Crippen MR) is 88.1 cm³/mol. The number of carbonyl (C=O) groups is 1. The number of nitrogens with zero attached hydrogens (tertiary/aromatic N) is 1. The van der Waals surface area contributed by atoms with Gasteiger partial charge in [-0.05, 0) is 18.1 Å². The molecule has 4 heteroatoms. The number of hydrogen-bond donors (Lipinski definition) is 1. The first kappa shape index (κ1) is 14.0. The fraction of sp³-hybridized carbons (Fsp3) is 0.176. The van der Waals surface area contributed by atoms with E-state index >= 15 is 0 Å².